The number of hydrogen-bond acceptors (Lipinski definition) is 8. The van der Waals surface area contributed by atoms with E-state index < -0.39 is 26.5 Å². The van der Waals surface area contributed by atoms with Crippen LogP contribution in [0.2, 0.25) is 0 Å². The predicted octanol–water partition coefficient (Wildman–Crippen LogP) is 25.4. The predicted molar refractivity (Wildman–Crippen MR) is 394 cm³/mol. The Morgan fingerprint density at radius 2 is 0.571 bits per heavy atom. The molecule has 91 heavy (non-hydrogen) atoms. The second kappa shape index (κ2) is 75.4. The number of allylic oxidation sites excluding steroid dienone is 20. The summed E-state index contributed by atoms with van der Waals surface area (Å²) in [5.74, 6) is -0.815. The number of carbonyl (C=O) groups excluding carboxylic acids is 2. The minimum Gasteiger partial charge on any atom is -0.462 e. The molecular formula is C81H142NO8P. The molecular weight excluding hydrogens is 1150 g/mol. The molecule has 0 aromatic heterocycles. The number of nitrogens with two attached hydrogens (primary N) is 1. The molecule has 0 saturated carbocycles. The van der Waals surface area contributed by atoms with Crippen LogP contribution in [-0.2, 0) is 32.7 Å². The Morgan fingerprint density at radius 3 is 0.846 bits per heavy atom. The first-order valence-corrected chi connectivity index (χ1v) is 39.5. The summed E-state index contributed by atoms with van der Waals surface area (Å²) >= 11 is 0. The minimum absolute atomic E-state index is 0.0515. The summed E-state index contributed by atoms with van der Waals surface area (Å²) in [6, 6.07) is 0. The Balaban J connectivity index is 3.82. The van der Waals surface area contributed by atoms with Crippen molar-refractivity contribution in [3.63, 3.8) is 0 Å². The van der Waals surface area contributed by atoms with Crippen LogP contribution in [-0.4, -0.2) is 49.3 Å². The van der Waals surface area contributed by atoms with Gasteiger partial charge in [0, 0.05) is 19.4 Å². The second-order valence-corrected chi connectivity index (χ2v) is 26.6. The molecule has 0 aliphatic rings. The van der Waals surface area contributed by atoms with E-state index >= 15 is 0 Å². The van der Waals surface area contributed by atoms with E-state index in [1.807, 2.05) is 0 Å². The molecule has 0 radical (unpaired) electrons. The highest BCUT2D eigenvalue weighted by Gasteiger charge is 2.26. The van der Waals surface area contributed by atoms with Crippen LogP contribution in [0.4, 0.5) is 0 Å². The molecule has 0 aromatic carbocycles. The van der Waals surface area contributed by atoms with Gasteiger partial charge in [0.1, 0.15) is 6.61 Å². The average Bonchev–Trinajstić information content (AvgIpc) is 3.68. The lowest BCUT2D eigenvalue weighted by atomic mass is 10.0. The van der Waals surface area contributed by atoms with Crippen molar-refractivity contribution in [2.75, 3.05) is 26.4 Å². The molecule has 0 aliphatic heterocycles. The van der Waals surface area contributed by atoms with E-state index in [4.69, 9.17) is 24.3 Å². The van der Waals surface area contributed by atoms with Crippen LogP contribution >= 0.6 is 7.82 Å². The first-order valence-electron chi connectivity index (χ1n) is 38.0. The summed E-state index contributed by atoms with van der Waals surface area (Å²) in [5, 5.41) is 0. The van der Waals surface area contributed by atoms with E-state index in [-0.39, 0.29) is 38.6 Å². The summed E-state index contributed by atoms with van der Waals surface area (Å²) < 4.78 is 33.3. The molecule has 524 valence electrons. The summed E-state index contributed by atoms with van der Waals surface area (Å²) in [6.45, 7) is 3.56. The lowest BCUT2D eigenvalue weighted by Gasteiger charge is -2.19. The molecule has 2 atom stereocenters. The molecule has 2 unspecified atom stereocenters. The normalized spacial score (nSPS) is 13.6. The molecule has 0 saturated heterocycles. The number of ether oxygens (including phenoxy) is 2. The lowest BCUT2D eigenvalue weighted by Crippen LogP contribution is -2.29. The number of rotatable bonds is 71. The van der Waals surface area contributed by atoms with Gasteiger partial charge in [-0.3, -0.25) is 18.6 Å². The van der Waals surface area contributed by atoms with Gasteiger partial charge in [0.15, 0.2) is 6.10 Å². The molecule has 0 amide bonds. The standard InChI is InChI=1S/C81H142NO8P/c1-3-5-7-9-11-13-15-17-19-21-23-25-27-29-31-33-35-37-39-41-43-45-47-49-51-53-55-57-59-61-63-65-67-69-71-73-80(83)87-77-79(78-89-91(85,86)88-76-75-82)90-81(84)74-72-70-68-66-64-62-60-58-56-54-52-50-48-46-44-42-40-38-36-34-32-30-28-26-24-22-20-18-16-14-12-10-8-6-4-2/h5-8,11-14,17-20,23-26,30,32,36,38,79H,3-4,9-10,15-16,21-22,27-29,31,33-35,37,39-78,82H2,1-2H3,(H,85,86)/b7-5-,8-6-,13-11-,14-12-,19-17-,20-18-,25-23-,26-24-,32-30-,38-36-. The number of unbranched alkanes of at least 4 members (excludes halogenated alkanes) is 38. The zero-order valence-electron chi connectivity index (χ0n) is 59.1. The van der Waals surface area contributed by atoms with Crippen molar-refractivity contribution in [1.82, 2.24) is 0 Å². The summed E-state index contributed by atoms with van der Waals surface area (Å²) in [4.78, 5) is 35.4. The highest BCUT2D eigenvalue weighted by Crippen LogP contribution is 2.43. The van der Waals surface area contributed by atoms with Crippen LogP contribution in [0.1, 0.15) is 348 Å². The Labute approximate surface area is 561 Å². The molecule has 0 bridgehead atoms. The van der Waals surface area contributed by atoms with E-state index in [1.165, 1.54) is 212 Å². The third kappa shape index (κ3) is 75.3. The van der Waals surface area contributed by atoms with Gasteiger partial charge in [-0.15, -0.1) is 0 Å². The Hall–Kier alpha value is -3.59. The number of phosphoric ester groups is 1. The van der Waals surface area contributed by atoms with Gasteiger partial charge in [-0.05, 0) is 103 Å². The van der Waals surface area contributed by atoms with Crippen LogP contribution in [0.25, 0.3) is 0 Å². The van der Waals surface area contributed by atoms with Crippen LogP contribution in [0.15, 0.2) is 122 Å². The molecule has 3 N–H and O–H groups in total. The van der Waals surface area contributed by atoms with Crippen molar-refractivity contribution in [3.8, 4) is 0 Å². The van der Waals surface area contributed by atoms with E-state index in [2.05, 4.69) is 135 Å². The maximum Gasteiger partial charge on any atom is 0.472 e. The number of carbonyl (C=O) groups is 2. The van der Waals surface area contributed by atoms with E-state index in [0.29, 0.717) is 6.42 Å². The Kier molecular flexibility index (Phi) is 72.5. The Bertz CT molecular complexity index is 1910. The monoisotopic (exact) mass is 1290 g/mol. The van der Waals surface area contributed by atoms with Gasteiger partial charge in [0.25, 0.3) is 0 Å². The zero-order valence-corrected chi connectivity index (χ0v) is 59.9. The van der Waals surface area contributed by atoms with Gasteiger partial charge in [-0.25, -0.2) is 4.57 Å². The summed E-state index contributed by atoms with van der Waals surface area (Å²) in [6.07, 6.45) is 106. The first-order chi connectivity index (χ1) is 44.8. The summed E-state index contributed by atoms with van der Waals surface area (Å²) in [5.41, 5.74) is 5.41. The van der Waals surface area contributed by atoms with Crippen LogP contribution in [0.5, 0.6) is 0 Å². The smallest absolute Gasteiger partial charge is 0.462 e. The first kappa shape index (κ1) is 87.4. The maximum absolute atomic E-state index is 12.8. The molecule has 0 fully saturated rings. The van der Waals surface area contributed by atoms with Crippen LogP contribution < -0.4 is 5.73 Å². The third-order valence-corrected chi connectivity index (χ3v) is 17.3. The van der Waals surface area contributed by atoms with Crippen molar-refractivity contribution < 1.29 is 37.6 Å². The fourth-order valence-corrected chi connectivity index (χ4v) is 11.6. The molecule has 0 aromatic rings. The quantitative estimate of drug-likeness (QED) is 0.0264. The lowest BCUT2D eigenvalue weighted by molar-refractivity contribution is -0.161. The molecule has 10 heteroatoms. The van der Waals surface area contributed by atoms with Crippen LogP contribution in [0.3, 0.4) is 0 Å². The average molecular weight is 1290 g/mol. The second-order valence-electron chi connectivity index (χ2n) is 25.1. The number of esters is 2. The Morgan fingerprint density at radius 1 is 0.330 bits per heavy atom. The van der Waals surface area contributed by atoms with Crippen molar-refractivity contribution in [1.29, 1.82) is 0 Å². The highest BCUT2D eigenvalue weighted by atomic mass is 31.2. The minimum atomic E-state index is -4.40. The third-order valence-electron chi connectivity index (χ3n) is 16.3. The molecule has 0 heterocycles. The van der Waals surface area contributed by atoms with Crippen molar-refractivity contribution in [2.24, 2.45) is 5.73 Å². The van der Waals surface area contributed by atoms with Gasteiger partial charge in [-0.2, -0.15) is 0 Å². The van der Waals surface area contributed by atoms with Crippen LogP contribution in [0, 0.1) is 0 Å². The maximum atomic E-state index is 12.8. The fourth-order valence-electron chi connectivity index (χ4n) is 10.8. The molecule has 9 nitrogen and oxygen atoms in total. The van der Waals surface area contributed by atoms with Gasteiger partial charge in [0.05, 0.1) is 13.2 Å². The zero-order chi connectivity index (χ0) is 65.8. The topological polar surface area (TPSA) is 134 Å². The van der Waals surface area contributed by atoms with Gasteiger partial charge >= 0.3 is 19.8 Å². The largest absolute Gasteiger partial charge is 0.472 e. The van der Waals surface area contributed by atoms with Gasteiger partial charge in [0.2, 0.25) is 0 Å². The fraction of sp³-hybridized carbons (Fsp3) is 0.728. The number of phosphoric acid groups is 1. The van der Waals surface area contributed by atoms with E-state index in [9.17, 15) is 19.0 Å². The highest BCUT2D eigenvalue weighted by molar-refractivity contribution is 7.47. The van der Waals surface area contributed by atoms with Crippen molar-refractivity contribution in [2.45, 2.75) is 354 Å². The SMILES string of the molecule is CC/C=C\C/C=C\C/C=C\C/C=C\C/C=C\C/C=C\CCCCCCCCCCCCCCCCCCC(=O)OC(COC(=O)CCCCCCCCCCCCCCCCCCCCCCCC/C=C\C/C=C\C/C=C\C/C=C\CC)COP(=O)(O)OCCN. The molecule has 0 aliphatic carbocycles. The van der Waals surface area contributed by atoms with Gasteiger partial charge in [-0.1, -0.05) is 354 Å². The van der Waals surface area contributed by atoms with E-state index in [1.54, 1.807) is 0 Å². The van der Waals surface area contributed by atoms with E-state index in [0.717, 1.165) is 103 Å². The molecule has 0 spiro atoms. The molecule has 0 rings (SSSR count). The number of hydrogen-bond donors (Lipinski definition) is 2. The van der Waals surface area contributed by atoms with Gasteiger partial charge < -0.3 is 20.1 Å². The van der Waals surface area contributed by atoms with Crippen molar-refractivity contribution >= 4 is 19.8 Å². The summed E-state index contributed by atoms with van der Waals surface area (Å²) in [7, 11) is -4.40. The van der Waals surface area contributed by atoms with Crippen molar-refractivity contribution in [3.05, 3.63) is 122 Å².